The van der Waals surface area contributed by atoms with Gasteiger partial charge in [0.2, 0.25) is 0 Å². The first-order valence-corrected chi connectivity index (χ1v) is 5.40. The van der Waals surface area contributed by atoms with Gasteiger partial charge in [-0.3, -0.25) is 5.10 Å². The first kappa shape index (κ1) is 10.8. The van der Waals surface area contributed by atoms with E-state index in [1.807, 2.05) is 13.1 Å². The summed E-state index contributed by atoms with van der Waals surface area (Å²) >= 11 is 0. The van der Waals surface area contributed by atoms with Crippen LogP contribution in [0.2, 0.25) is 0 Å². The summed E-state index contributed by atoms with van der Waals surface area (Å²) < 4.78 is 0. The lowest BCUT2D eigenvalue weighted by molar-refractivity contribution is 0.633. The van der Waals surface area contributed by atoms with E-state index in [9.17, 15) is 0 Å². The molecule has 0 bridgehead atoms. The van der Waals surface area contributed by atoms with Gasteiger partial charge in [-0.05, 0) is 19.9 Å². The molecule has 3 N–H and O–H groups in total. The molecular formula is C10H16N6. The van der Waals surface area contributed by atoms with E-state index in [2.05, 4.69) is 30.5 Å². The Morgan fingerprint density at radius 2 is 2.31 bits per heavy atom. The number of hydrogen-bond donors (Lipinski definition) is 3. The Morgan fingerprint density at radius 3 is 3.00 bits per heavy atom. The molecule has 0 aliphatic carbocycles. The molecular weight excluding hydrogens is 204 g/mol. The highest BCUT2D eigenvalue weighted by Crippen LogP contribution is 1.95. The van der Waals surface area contributed by atoms with E-state index in [0.717, 1.165) is 43.3 Å². The third-order valence-electron chi connectivity index (χ3n) is 2.30. The molecule has 6 nitrogen and oxygen atoms in total. The lowest BCUT2D eigenvalue weighted by Gasteiger charge is -2.01. The van der Waals surface area contributed by atoms with Crippen molar-refractivity contribution in [1.29, 1.82) is 0 Å². The highest BCUT2D eigenvalue weighted by molar-refractivity contribution is 4.99. The van der Waals surface area contributed by atoms with Crippen LogP contribution in [0.15, 0.2) is 12.5 Å². The molecule has 0 aliphatic rings. The van der Waals surface area contributed by atoms with Gasteiger partial charge in [-0.25, -0.2) is 9.97 Å². The van der Waals surface area contributed by atoms with E-state index in [-0.39, 0.29) is 0 Å². The number of nitrogens with one attached hydrogen (secondary N) is 3. The van der Waals surface area contributed by atoms with Crippen molar-refractivity contribution in [2.45, 2.75) is 26.3 Å². The van der Waals surface area contributed by atoms with Crippen LogP contribution in [-0.2, 0) is 13.0 Å². The normalized spacial score (nSPS) is 10.8. The molecule has 0 saturated carbocycles. The van der Waals surface area contributed by atoms with Crippen LogP contribution >= 0.6 is 0 Å². The van der Waals surface area contributed by atoms with Crippen LogP contribution < -0.4 is 5.32 Å². The van der Waals surface area contributed by atoms with Crippen LogP contribution in [0.25, 0.3) is 0 Å². The Morgan fingerprint density at radius 1 is 1.38 bits per heavy atom. The zero-order chi connectivity index (χ0) is 11.2. The lowest BCUT2D eigenvalue weighted by Crippen LogP contribution is -2.15. The zero-order valence-corrected chi connectivity index (χ0v) is 9.32. The number of hydrogen-bond acceptors (Lipinski definition) is 4. The van der Waals surface area contributed by atoms with E-state index in [1.165, 1.54) is 6.33 Å². The van der Waals surface area contributed by atoms with Crippen LogP contribution in [0.5, 0.6) is 0 Å². The van der Waals surface area contributed by atoms with Crippen molar-refractivity contribution in [3.8, 4) is 0 Å². The SMILES string of the molecule is Cc1ncc(CNCCCc2ncn[nH]2)[nH]1. The van der Waals surface area contributed by atoms with Crippen LogP contribution in [0.1, 0.15) is 23.8 Å². The fourth-order valence-corrected chi connectivity index (χ4v) is 1.52. The molecule has 0 unspecified atom stereocenters. The molecule has 0 radical (unpaired) electrons. The van der Waals surface area contributed by atoms with Gasteiger partial charge in [0, 0.05) is 24.9 Å². The number of rotatable bonds is 6. The van der Waals surface area contributed by atoms with Gasteiger partial charge >= 0.3 is 0 Å². The fourth-order valence-electron chi connectivity index (χ4n) is 1.52. The molecule has 86 valence electrons. The maximum atomic E-state index is 4.14. The van der Waals surface area contributed by atoms with Crippen LogP contribution in [0.4, 0.5) is 0 Å². The van der Waals surface area contributed by atoms with Crippen molar-refractivity contribution in [2.75, 3.05) is 6.54 Å². The van der Waals surface area contributed by atoms with Gasteiger partial charge in [0.25, 0.3) is 0 Å². The predicted molar refractivity (Wildman–Crippen MR) is 59.7 cm³/mol. The third-order valence-corrected chi connectivity index (χ3v) is 2.30. The Balaban J connectivity index is 1.59. The van der Waals surface area contributed by atoms with E-state index in [4.69, 9.17) is 0 Å². The second-order valence-corrected chi connectivity index (χ2v) is 3.71. The molecule has 2 aromatic rings. The van der Waals surface area contributed by atoms with Crippen molar-refractivity contribution >= 4 is 0 Å². The summed E-state index contributed by atoms with van der Waals surface area (Å²) in [6, 6.07) is 0. The van der Waals surface area contributed by atoms with Gasteiger partial charge < -0.3 is 10.3 Å². The first-order valence-electron chi connectivity index (χ1n) is 5.40. The van der Waals surface area contributed by atoms with Gasteiger partial charge in [-0.2, -0.15) is 5.10 Å². The zero-order valence-electron chi connectivity index (χ0n) is 9.32. The molecule has 0 aliphatic heterocycles. The van der Waals surface area contributed by atoms with Gasteiger partial charge in [-0.1, -0.05) is 0 Å². The molecule has 16 heavy (non-hydrogen) atoms. The highest BCUT2D eigenvalue weighted by atomic mass is 15.2. The Labute approximate surface area is 93.9 Å². The molecule has 0 aromatic carbocycles. The largest absolute Gasteiger partial charge is 0.345 e. The van der Waals surface area contributed by atoms with Crippen molar-refractivity contribution in [1.82, 2.24) is 30.5 Å². The summed E-state index contributed by atoms with van der Waals surface area (Å²) in [6.45, 7) is 3.74. The average molecular weight is 220 g/mol. The average Bonchev–Trinajstić information content (AvgIpc) is 2.89. The monoisotopic (exact) mass is 220 g/mol. The molecule has 0 amide bonds. The summed E-state index contributed by atoms with van der Waals surface area (Å²) in [5.41, 5.74) is 1.12. The van der Waals surface area contributed by atoms with E-state index >= 15 is 0 Å². The highest BCUT2D eigenvalue weighted by Gasteiger charge is 1.97. The van der Waals surface area contributed by atoms with E-state index in [1.54, 1.807) is 0 Å². The molecule has 6 heteroatoms. The summed E-state index contributed by atoms with van der Waals surface area (Å²) in [5.74, 6) is 1.90. The second kappa shape index (κ2) is 5.41. The fraction of sp³-hybridized carbons (Fsp3) is 0.500. The molecule has 0 spiro atoms. The van der Waals surface area contributed by atoms with Crippen LogP contribution in [-0.4, -0.2) is 31.7 Å². The van der Waals surface area contributed by atoms with Gasteiger partial charge in [0.05, 0.1) is 0 Å². The van der Waals surface area contributed by atoms with Crippen LogP contribution in [0, 0.1) is 6.92 Å². The van der Waals surface area contributed by atoms with Crippen LogP contribution in [0.3, 0.4) is 0 Å². The van der Waals surface area contributed by atoms with Crippen molar-refractivity contribution < 1.29 is 0 Å². The molecule has 0 atom stereocenters. The molecule has 2 heterocycles. The second-order valence-electron chi connectivity index (χ2n) is 3.71. The van der Waals surface area contributed by atoms with E-state index in [0.29, 0.717) is 0 Å². The maximum Gasteiger partial charge on any atom is 0.137 e. The minimum Gasteiger partial charge on any atom is -0.345 e. The molecule has 2 aromatic heterocycles. The minimum absolute atomic E-state index is 0.831. The number of aromatic amines is 2. The minimum atomic E-state index is 0.831. The quantitative estimate of drug-likeness (QED) is 0.621. The standard InChI is InChI=1S/C10H16N6/c1-8-12-6-9(15-8)5-11-4-2-3-10-13-7-14-16-10/h6-7,11H,2-5H2,1H3,(H,12,15)(H,13,14,16). The third kappa shape index (κ3) is 3.16. The smallest absolute Gasteiger partial charge is 0.137 e. The van der Waals surface area contributed by atoms with Gasteiger partial charge in [0.1, 0.15) is 18.0 Å². The number of aromatic nitrogens is 5. The molecule has 0 saturated heterocycles. The maximum absolute atomic E-state index is 4.14. The molecule has 0 fully saturated rings. The van der Waals surface area contributed by atoms with Crippen molar-refractivity contribution in [3.05, 3.63) is 29.9 Å². The van der Waals surface area contributed by atoms with Crippen molar-refractivity contribution in [3.63, 3.8) is 0 Å². The Hall–Kier alpha value is -1.69. The lowest BCUT2D eigenvalue weighted by atomic mass is 10.3. The van der Waals surface area contributed by atoms with Gasteiger partial charge in [-0.15, -0.1) is 0 Å². The number of aryl methyl sites for hydroxylation is 2. The number of H-pyrrole nitrogens is 2. The van der Waals surface area contributed by atoms with Gasteiger partial charge in [0.15, 0.2) is 0 Å². The summed E-state index contributed by atoms with van der Waals surface area (Å²) in [7, 11) is 0. The van der Waals surface area contributed by atoms with Crippen molar-refractivity contribution in [2.24, 2.45) is 0 Å². The number of nitrogens with zero attached hydrogens (tertiary/aromatic N) is 3. The Bertz CT molecular complexity index is 405. The number of imidazole rings is 1. The summed E-state index contributed by atoms with van der Waals surface area (Å²) in [5, 5.41) is 9.99. The summed E-state index contributed by atoms with van der Waals surface area (Å²) in [6.07, 6.45) is 5.37. The molecule has 2 rings (SSSR count). The van der Waals surface area contributed by atoms with E-state index < -0.39 is 0 Å². The first-order chi connectivity index (χ1) is 7.84. The Kier molecular flexibility index (Phi) is 3.66. The topological polar surface area (TPSA) is 82.3 Å². The predicted octanol–water partition coefficient (Wildman–Crippen LogP) is 0.559. The summed E-state index contributed by atoms with van der Waals surface area (Å²) in [4.78, 5) is 11.4.